The van der Waals surface area contributed by atoms with Gasteiger partial charge in [-0.1, -0.05) is 38.0 Å². The average Bonchev–Trinajstić information content (AvgIpc) is 3.00. The van der Waals surface area contributed by atoms with Crippen molar-refractivity contribution in [2.24, 2.45) is 17.7 Å². The third kappa shape index (κ3) is 3.17. The summed E-state index contributed by atoms with van der Waals surface area (Å²) in [5, 5.41) is 4.49. The van der Waals surface area contributed by atoms with Gasteiger partial charge in [0.1, 0.15) is 0 Å². The van der Waals surface area contributed by atoms with Crippen LogP contribution in [0, 0.1) is 11.8 Å². The molecule has 112 valence electrons. The molecule has 0 spiro atoms. The van der Waals surface area contributed by atoms with Crippen LogP contribution in [0.15, 0.2) is 42.7 Å². The van der Waals surface area contributed by atoms with Crippen molar-refractivity contribution in [3.8, 4) is 5.69 Å². The normalized spacial score (nSPS) is 23.9. The number of para-hydroxylation sites is 1. The standard InChI is InChI=1S/C17H24N4/c1-13-7-9-14(10-8-13)17(20-18)15-11-19-21(12-15)16-5-3-2-4-6-16/h2-6,11-14,17,20H,7-10,18H2,1H3. The van der Waals surface area contributed by atoms with E-state index in [0.717, 1.165) is 11.6 Å². The van der Waals surface area contributed by atoms with Crippen LogP contribution in [0.5, 0.6) is 0 Å². The summed E-state index contributed by atoms with van der Waals surface area (Å²) in [6.45, 7) is 2.34. The van der Waals surface area contributed by atoms with Gasteiger partial charge in [0.15, 0.2) is 0 Å². The third-order valence-corrected chi connectivity index (χ3v) is 4.69. The Bertz CT molecular complexity index is 555. The second-order valence-corrected chi connectivity index (χ2v) is 6.22. The average molecular weight is 284 g/mol. The van der Waals surface area contributed by atoms with E-state index in [2.05, 4.69) is 35.8 Å². The monoisotopic (exact) mass is 284 g/mol. The Morgan fingerprint density at radius 3 is 2.57 bits per heavy atom. The highest BCUT2D eigenvalue weighted by atomic mass is 15.3. The molecule has 1 atom stereocenters. The van der Waals surface area contributed by atoms with Crippen LogP contribution in [0.3, 0.4) is 0 Å². The summed E-state index contributed by atoms with van der Waals surface area (Å²) >= 11 is 0. The minimum Gasteiger partial charge on any atom is -0.271 e. The molecule has 0 aliphatic heterocycles. The van der Waals surface area contributed by atoms with Crippen LogP contribution in [-0.4, -0.2) is 9.78 Å². The van der Waals surface area contributed by atoms with Gasteiger partial charge in [-0.05, 0) is 36.8 Å². The molecule has 1 heterocycles. The Labute approximate surface area is 126 Å². The molecular formula is C17H24N4. The number of aromatic nitrogens is 2. The zero-order chi connectivity index (χ0) is 14.7. The van der Waals surface area contributed by atoms with Crippen molar-refractivity contribution in [3.05, 3.63) is 48.3 Å². The van der Waals surface area contributed by atoms with E-state index in [1.165, 1.54) is 31.2 Å². The highest BCUT2D eigenvalue weighted by Gasteiger charge is 2.27. The molecule has 0 saturated heterocycles. The van der Waals surface area contributed by atoms with Crippen LogP contribution in [0.2, 0.25) is 0 Å². The Kier molecular flexibility index (Phi) is 4.36. The van der Waals surface area contributed by atoms with Gasteiger partial charge in [-0.3, -0.25) is 11.3 Å². The predicted octanol–water partition coefficient (Wildman–Crippen LogP) is 3.20. The first kappa shape index (κ1) is 14.3. The number of rotatable bonds is 4. The van der Waals surface area contributed by atoms with Crippen molar-refractivity contribution < 1.29 is 0 Å². The predicted molar refractivity (Wildman–Crippen MR) is 84.8 cm³/mol. The molecule has 0 bridgehead atoms. The maximum atomic E-state index is 5.83. The molecule has 1 unspecified atom stereocenters. The second-order valence-electron chi connectivity index (χ2n) is 6.22. The number of nitrogens with one attached hydrogen (secondary N) is 1. The second kappa shape index (κ2) is 6.41. The molecule has 1 aliphatic rings. The summed E-state index contributed by atoms with van der Waals surface area (Å²) in [4.78, 5) is 0. The first-order chi connectivity index (χ1) is 10.3. The van der Waals surface area contributed by atoms with Gasteiger partial charge in [0.2, 0.25) is 0 Å². The number of hydrogen-bond donors (Lipinski definition) is 2. The summed E-state index contributed by atoms with van der Waals surface area (Å²) in [6.07, 6.45) is 9.12. The zero-order valence-corrected chi connectivity index (χ0v) is 12.6. The lowest BCUT2D eigenvalue weighted by Gasteiger charge is -2.31. The van der Waals surface area contributed by atoms with Crippen molar-refractivity contribution in [1.82, 2.24) is 15.2 Å². The third-order valence-electron chi connectivity index (χ3n) is 4.69. The van der Waals surface area contributed by atoms with Gasteiger partial charge in [0.25, 0.3) is 0 Å². The van der Waals surface area contributed by atoms with Gasteiger partial charge in [-0.2, -0.15) is 5.10 Å². The van der Waals surface area contributed by atoms with Crippen LogP contribution in [-0.2, 0) is 0 Å². The molecule has 4 nitrogen and oxygen atoms in total. The molecular weight excluding hydrogens is 260 g/mol. The lowest BCUT2D eigenvalue weighted by molar-refractivity contribution is 0.232. The highest BCUT2D eigenvalue weighted by Crippen LogP contribution is 2.36. The number of hydrogen-bond acceptors (Lipinski definition) is 3. The van der Waals surface area contributed by atoms with Gasteiger partial charge >= 0.3 is 0 Å². The van der Waals surface area contributed by atoms with Gasteiger partial charge in [-0.15, -0.1) is 0 Å². The van der Waals surface area contributed by atoms with Crippen molar-refractivity contribution in [1.29, 1.82) is 0 Å². The van der Waals surface area contributed by atoms with Gasteiger partial charge < -0.3 is 0 Å². The molecule has 0 amide bonds. The van der Waals surface area contributed by atoms with Gasteiger partial charge in [-0.25, -0.2) is 4.68 Å². The zero-order valence-electron chi connectivity index (χ0n) is 12.6. The first-order valence-corrected chi connectivity index (χ1v) is 7.84. The van der Waals surface area contributed by atoms with Crippen LogP contribution < -0.4 is 11.3 Å². The van der Waals surface area contributed by atoms with E-state index in [4.69, 9.17) is 5.84 Å². The van der Waals surface area contributed by atoms with Crippen molar-refractivity contribution in [2.45, 2.75) is 38.6 Å². The fraction of sp³-hybridized carbons (Fsp3) is 0.471. The lowest BCUT2D eigenvalue weighted by atomic mass is 9.78. The minimum absolute atomic E-state index is 0.204. The summed E-state index contributed by atoms with van der Waals surface area (Å²) in [5.41, 5.74) is 5.28. The molecule has 21 heavy (non-hydrogen) atoms. The molecule has 1 aromatic heterocycles. The number of hydrazine groups is 1. The number of nitrogens with zero attached hydrogens (tertiary/aromatic N) is 2. The summed E-state index contributed by atoms with van der Waals surface area (Å²) in [5.74, 6) is 7.30. The van der Waals surface area contributed by atoms with E-state index in [1.807, 2.05) is 29.1 Å². The summed E-state index contributed by atoms with van der Waals surface area (Å²) in [6, 6.07) is 10.4. The number of nitrogens with two attached hydrogens (primary N) is 1. The molecule has 3 N–H and O–H groups in total. The summed E-state index contributed by atoms with van der Waals surface area (Å²) in [7, 11) is 0. The minimum atomic E-state index is 0.204. The van der Waals surface area contributed by atoms with Gasteiger partial charge in [0.05, 0.1) is 17.9 Å². The number of benzene rings is 1. The lowest BCUT2D eigenvalue weighted by Crippen LogP contribution is -2.35. The van der Waals surface area contributed by atoms with E-state index in [9.17, 15) is 0 Å². The first-order valence-electron chi connectivity index (χ1n) is 7.84. The van der Waals surface area contributed by atoms with Crippen molar-refractivity contribution >= 4 is 0 Å². The maximum Gasteiger partial charge on any atom is 0.0645 e. The van der Waals surface area contributed by atoms with E-state index >= 15 is 0 Å². The fourth-order valence-electron chi connectivity index (χ4n) is 3.34. The van der Waals surface area contributed by atoms with Crippen LogP contribution in [0.4, 0.5) is 0 Å². The van der Waals surface area contributed by atoms with Gasteiger partial charge in [0, 0.05) is 11.8 Å². The Balaban J connectivity index is 1.77. The molecule has 2 aromatic rings. The highest BCUT2D eigenvalue weighted by molar-refractivity contribution is 5.31. The van der Waals surface area contributed by atoms with Crippen LogP contribution >= 0.6 is 0 Å². The molecule has 4 heteroatoms. The largest absolute Gasteiger partial charge is 0.271 e. The van der Waals surface area contributed by atoms with E-state index in [0.29, 0.717) is 5.92 Å². The molecule has 1 saturated carbocycles. The molecule has 1 aliphatic carbocycles. The quantitative estimate of drug-likeness (QED) is 0.669. The molecule has 3 rings (SSSR count). The topological polar surface area (TPSA) is 55.9 Å². The summed E-state index contributed by atoms with van der Waals surface area (Å²) < 4.78 is 1.92. The van der Waals surface area contributed by atoms with E-state index in [-0.39, 0.29) is 6.04 Å². The van der Waals surface area contributed by atoms with E-state index in [1.54, 1.807) is 0 Å². The molecule has 1 aromatic carbocycles. The van der Waals surface area contributed by atoms with Crippen molar-refractivity contribution in [3.63, 3.8) is 0 Å². The van der Waals surface area contributed by atoms with E-state index < -0.39 is 0 Å². The SMILES string of the molecule is CC1CCC(C(NN)c2cnn(-c3ccccc3)c2)CC1. The van der Waals surface area contributed by atoms with Crippen LogP contribution in [0.1, 0.15) is 44.2 Å². The van der Waals surface area contributed by atoms with Crippen molar-refractivity contribution in [2.75, 3.05) is 0 Å². The molecule has 1 fully saturated rings. The smallest absolute Gasteiger partial charge is 0.0645 e. The Morgan fingerprint density at radius 2 is 1.90 bits per heavy atom. The maximum absolute atomic E-state index is 5.83. The Hall–Kier alpha value is -1.65. The Morgan fingerprint density at radius 1 is 1.19 bits per heavy atom. The van der Waals surface area contributed by atoms with Crippen LogP contribution in [0.25, 0.3) is 5.69 Å². The molecule has 0 radical (unpaired) electrons. The fourth-order valence-corrected chi connectivity index (χ4v) is 3.34.